The number of carbonyl (C=O) groups excluding carboxylic acids is 2. The number of rotatable bonds is 22. The van der Waals surface area contributed by atoms with Crippen LogP contribution in [0.5, 0.6) is 17.2 Å². The summed E-state index contributed by atoms with van der Waals surface area (Å²) in [6.45, 7) is 5.80. The van der Waals surface area contributed by atoms with Crippen LogP contribution >= 0.6 is 0 Å². The molecule has 2 rings (SSSR count). The topological polar surface area (TPSA) is 91.3 Å². The molecule has 226 valence electrons. The maximum atomic E-state index is 11.4. The van der Waals surface area contributed by atoms with Gasteiger partial charge in [-0.2, -0.15) is 0 Å². The molecule has 0 atom stereocenters. The van der Waals surface area contributed by atoms with E-state index in [1.807, 2.05) is 56.3 Å². The quantitative estimate of drug-likeness (QED) is 0.0871. The fourth-order valence-electron chi connectivity index (χ4n) is 4.30. The first kappa shape index (κ1) is 33.7. The fraction of sp³-hybridized carbons (Fsp3) is 0.529. The molecule has 0 aromatic heterocycles. The number of unbranched alkanes of at least 4 members (excludes halogenated alkanes) is 8. The summed E-state index contributed by atoms with van der Waals surface area (Å²) in [5, 5.41) is 10.1. The van der Waals surface area contributed by atoms with E-state index in [9.17, 15) is 14.7 Å². The predicted molar refractivity (Wildman–Crippen MR) is 163 cm³/mol. The molecule has 7 nitrogen and oxygen atoms in total. The SMILES string of the molecule is CCOC(=O)CCCCCCCOc1ccc(/C=C/c2cc(O)cc(OCCCCCCCC(=O)OCC)c2)cc1. The minimum atomic E-state index is -0.116. The molecule has 2 aromatic carbocycles. The van der Waals surface area contributed by atoms with E-state index in [0.717, 1.165) is 81.1 Å². The maximum Gasteiger partial charge on any atom is 0.305 e. The molecule has 7 heteroatoms. The molecule has 0 aliphatic rings. The molecule has 2 aromatic rings. The number of aromatic hydroxyl groups is 1. The van der Waals surface area contributed by atoms with Crippen LogP contribution in [0.15, 0.2) is 42.5 Å². The van der Waals surface area contributed by atoms with Crippen molar-refractivity contribution in [1.29, 1.82) is 0 Å². The summed E-state index contributed by atoms with van der Waals surface area (Å²) in [6.07, 6.45) is 14.9. The number of phenols is 1. The lowest BCUT2D eigenvalue weighted by atomic mass is 10.1. The Morgan fingerprint density at radius 2 is 1.10 bits per heavy atom. The molecule has 0 aliphatic heterocycles. The van der Waals surface area contributed by atoms with Gasteiger partial charge in [0.05, 0.1) is 26.4 Å². The first-order valence-electron chi connectivity index (χ1n) is 15.2. The highest BCUT2D eigenvalue weighted by Gasteiger charge is 2.03. The predicted octanol–water partition coefficient (Wildman–Crippen LogP) is 8.13. The van der Waals surface area contributed by atoms with Gasteiger partial charge in [-0.05, 0) is 74.9 Å². The molecule has 41 heavy (non-hydrogen) atoms. The third-order valence-corrected chi connectivity index (χ3v) is 6.46. The highest BCUT2D eigenvalue weighted by molar-refractivity contribution is 5.71. The Bertz CT molecular complexity index is 1030. The van der Waals surface area contributed by atoms with E-state index in [4.69, 9.17) is 18.9 Å². The third-order valence-electron chi connectivity index (χ3n) is 6.46. The lowest BCUT2D eigenvalue weighted by Crippen LogP contribution is -2.03. The van der Waals surface area contributed by atoms with Gasteiger partial charge in [-0.25, -0.2) is 0 Å². The molecule has 0 saturated carbocycles. The zero-order valence-corrected chi connectivity index (χ0v) is 24.9. The summed E-state index contributed by atoms with van der Waals surface area (Å²) in [4.78, 5) is 22.7. The molecular formula is C34H48O7. The molecule has 0 radical (unpaired) electrons. The minimum Gasteiger partial charge on any atom is -0.508 e. The number of hydrogen-bond acceptors (Lipinski definition) is 7. The average molecular weight is 569 g/mol. The zero-order chi connectivity index (χ0) is 29.5. The van der Waals surface area contributed by atoms with Crippen LogP contribution in [0.1, 0.15) is 102 Å². The number of ether oxygens (including phenoxy) is 4. The fourth-order valence-corrected chi connectivity index (χ4v) is 4.30. The Hall–Kier alpha value is -3.48. The second-order valence-electron chi connectivity index (χ2n) is 10.0. The van der Waals surface area contributed by atoms with Gasteiger partial charge < -0.3 is 24.1 Å². The van der Waals surface area contributed by atoms with Crippen molar-refractivity contribution < 1.29 is 33.6 Å². The number of carbonyl (C=O) groups is 2. The van der Waals surface area contributed by atoms with E-state index in [0.29, 0.717) is 45.0 Å². The van der Waals surface area contributed by atoms with Gasteiger partial charge in [0.25, 0.3) is 0 Å². The summed E-state index contributed by atoms with van der Waals surface area (Å²) in [5.41, 5.74) is 1.90. The molecule has 0 saturated heterocycles. The second-order valence-corrected chi connectivity index (χ2v) is 10.0. The molecule has 0 heterocycles. The van der Waals surface area contributed by atoms with Gasteiger partial charge in [0, 0.05) is 18.9 Å². The minimum absolute atomic E-state index is 0.103. The second kappa shape index (κ2) is 21.3. The number of esters is 2. The molecule has 0 bridgehead atoms. The molecule has 0 spiro atoms. The van der Waals surface area contributed by atoms with Crippen molar-refractivity contribution in [2.75, 3.05) is 26.4 Å². The molecule has 1 N–H and O–H groups in total. The summed E-state index contributed by atoms with van der Waals surface area (Å²) in [7, 11) is 0. The lowest BCUT2D eigenvalue weighted by molar-refractivity contribution is -0.144. The van der Waals surface area contributed by atoms with Crippen molar-refractivity contribution in [2.45, 2.75) is 90.9 Å². The van der Waals surface area contributed by atoms with E-state index in [1.54, 1.807) is 12.1 Å². The molecule has 0 fully saturated rings. The van der Waals surface area contributed by atoms with E-state index >= 15 is 0 Å². The van der Waals surface area contributed by atoms with Crippen LogP contribution in [0.25, 0.3) is 12.2 Å². The van der Waals surface area contributed by atoms with Crippen molar-refractivity contribution in [2.24, 2.45) is 0 Å². The van der Waals surface area contributed by atoms with Crippen LogP contribution in [0, 0.1) is 0 Å². The van der Waals surface area contributed by atoms with E-state index < -0.39 is 0 Å². The smallest absolute Gasteiger partial charge is 0.305 e. The van der Waals surface area contributed by atoms with Crippen molar-refractivity contribution in [3.8, 4) is 17.2 Å². The first-order valence-corrected chi connectivity index (χ1v) is 15.2. The average Bonchev–Trinajstić information content (AvgIpc) is 2.95. The van der Waals surface area contributed by atoms with Crippen LogP contribution in [0.3, 0.4) is 0 Å². The summed E-state index contributed by atoms with van der Waals surface area (Å²) >= 11 is 0. The van der Waals surface area contributed by atoms with Crippen molar-refractivity contribution >= 4 is 24.1 Å². The van der Waals surface area contributed by atoms with Gasteiger partial charge in [-0.1, -0.05) is 62.8 Å². The van der Waals surface area contributed by atoms with E-state index in [1.165, 1.54) is 0 Å². The van der Waals surface area contributed by atoms with Gasteiger partial charge in [0.1, 0.15) is 17.2 Å². The standard InChI is InChI=1S/C34H48O7/c1-3-38-33(36)15-11-7-5-9-13-23-40-31-21-19-28(20-22-31)17-18-29-25-30(35)27-32(26-29)41-24-14-10-6-8-12-16-34(37)39-4-2/h17-22,25-27,35H,3-16,23-24H2,1-2H3/b18-17+. The summed E-state index contributed by atoms with van der Waals surface area (Å²) in [5.74, 6) is 1.44. The Balaban J connectivity index is 1.63. The van der Waals surface area contributed by atoms with Crippen molar-refractivity contribution in [3.63, 3.8) is 0 Å². The van der Waals surface area contributed by atoms with Crippen LogP contribution in [-0.4, -0.2) is 43.5 Å². The van der Waals surface area contributed by atoms with Gasteiger partial charge in [0.2, 0.25) is 0 Å². The monoisotopic (exact) mass is 568 g/mol. The summed E-state index contributed by atoms with van der Waals surface area (Å²) < 4.78 is 21.6. The Labute approximate surface area is 245 Å². The van der Waals surface area contributed by atoms with Gasteiger partial charge in [-0.3, -0.25) is 9.59 Å². The van der Waals surface area contributed by atoms with Crippen LogP contribution < -0.4 is 9.47 Å². The normalized spacial score (nSPS) is 11.0. The Kier molecular flexibility index (Phi) is 17.5. The lowest BCUT2D eigenvalue weighted by Gasteiger charge is -2.08. The van der Waals surface area contributed by atoms with Gasteiger partial charge in [-0.15, -0.1) is 0 Å². The van der Waals surface area contributed by atoms with Crippen molar-refractivity contribution in [3.05, 3.63) is 53.6 Å². The van der Waals surface area contributed by atoms with E-state index in [2.05, 4.69) is 0 Å². The van der Waals surface area contributed by atoms with Crippen molar-refractivity contribution in [1.82, 2.24) is 0 Å². The Morgan fingerprint density at radius 3 is 1.66 bits per heavy atom. The zero-order valence-electron chi connectivity index (χ0n) is 24.9. The molecule has 0 unspecified atom stereocenters. The van der Waals surface area contributed by atoms with Crippen LogP contribution in [0.2, 0.25) is 0 Å². The largest absolute Gasteiger partial charge is 0.508 e. The number of benzene rings is 2. The number of phenolic OH excluding ortho intramolecular Hbond substituents is 1. The summed E-state index contributed by atoms with van der Waals surface area (Å²) in [6, 6.07) is 13.2. The third kappa shape index (κ3) is 16.4. The highest BCUT2D eigenvalue weighted by atomic mass is 16.5. The van der Waals surface area contributed by atoms with Crippen LogP contribution in [-0.2, 0) is 19.1 Å². The van der Waals surface area contributed by atoms with Crippen LogP contribution in [0.4, 0.5) is 0 Å². The van der Waals surface area contributed by atoms with Gasteiger partial charge in [0.15, 0.2) is 0 Å². The van der Waals surface area contributed by atoms with E-state index in [-0.39, 0.29) is 17.7 Å². The molecule has 0 aliphatic carbocycles. The Morgan fingerprint density at radius 1 is 0.610 bits per heavy atom. The van der Waals surface area contributed by atoms with Gasteiger partial charge >= 0.3 is 11.9 Å². The molecule has 0 amide bonds. The first-order chi connectivity index (χ1) is 20.0. The highest BCUT2D eigenvalue weighted by Crippen LogP contribution is 2.24. The number of hydrogen-bond donors (Lipinski definition) is 1. The molecular weight excluding hydrogens is 520 g/mol. The maximum absolute atomic E-state index is 11.4.